The number of fused-ring (bicyclic) bond motifs is 2. The third kappa shape index (κ3) is 9.84. The van der Waals surface area contributed by atoms with Crippen molar-refractivity contribution in [2.45, 2.75) is 44.9 Å². The predicted molar refractivity (Wildman–Crippen MR) is 241 cm³/mol. The van der Waals surface area contributed by atoms with Crippen LogP contribution in [0.3, 0.4) is 0 Å². The van der Waals surface area contributed by atoms with Gasteiger partial charge in [0.2, 0.25) is 5.91 Å². The van der Waals surface area contributed by atoms with E-state index >= 15 is 0 Å². The van der Waals surface area contributed by atoms with E-state index in [9.17, 15) is 4.79 Å². The maximum atomic E-state index is 13.4. The van der Waals surface area contributed by atoms with Gasteiger partial charge in [-0.1, -0.05) is 78.9 Å². The van der Waals surface area contributed by atoms with Gasteiger partial charge in [-0.3, -0.25) is 19.5 Å². The molecule has 2 aromatic carbocycles. The first-order valence-electron chi connectivity index (χ1n) is 20.7. The fourth-order valence-electron chi connectivity index (χ4n) is 8.52. The van der Waals surface area contributed by atoms with E-state index in [2.05, 4.69) is 71.7 Å². The molecule has 6 heterocycles. The quantitative estimate of drug-likeness (QED) is 0.121. The maximum absolute atomic E-state index is 13.4. The number of nitrogens with zero attached hydrogens (tertiary/aromatic N) is 5. The van der Waals surface area contributed by atoms with Crippen molar-refractivity contribution < 1.29 is 4.79 Å². The van der Waals surface area contributed by atoms with Crippen LogP contribution in [0.4, 0.5) is 11.6 Å². The van der Waals surface area contributed by atoms with E-state index in [1.807, 2.05) is 71.8 Å². The Balaban J connectivity index is 0.000000168. The minimum Gasteiger partial charge on any atom is -0.369 e. The Bertz CT molecular complexity index is 2350. The van der Waals surface area contributed by atoms with Gasteiger partial charge in [0.05, 0.1) is 0 Å². The molecule has 9 rings (SSSR count). The summed E-state index contributed by atoms with van der Waals surface area (Å²) in [6.45, 7) is 7.40. The number of hydrogen-bond acceptors (Lipinski definition) is 6. The molecule has 11 heteroatoms. The van der Waals surface area contributed by atoms with Crippen molar-refractivity contribution in [1.82, 2.24) is 29.7 Å². The Morgan fingerprint density at radius 1 is 0.741 bits per heavy atom. The second-order valence-corrected chi connectivity index (χ2v) is 16.4. The monoisotopic (exact) mass is 814 g/mol. The van der Waals surface area contributed by atoms with Crippen LogP contribution in [0.2, 0.25) is 10.0 Å². The van der Waals surface area contributed by atoms with Crippen molar-refractivity contribution in [3.05, 3.63) is 131 Å². The zero-order valence-corrected chi connectivity index (χ0v) is 34.5. The first-order chi connectivity index (χ1) is 28.5. The molecule has 0 bridgehead atoms. The Morgan fingerprint density at radius 3 is 1.90 bits per heavy atom. The minimum atomic E-state index is 0.143. The van der Waals surface area contributed by atoms with E-state index in [-0.39, 0.29) is 11.8 Å². The fraction of sp³-hybridized carbons (Fsp3) is 0.340. The smallest absolute Gasteiger partial charge is 0.231 e. The molecule has 4 aromatic heterocycles. The van der Waals surface area contributed by atoms with E-state index in [0.29, 0.717) is 6.54 Å². The number of halogens is 2. The average Bonchev–Trinajstić information content (AvgIpc) is 3.89. The van der Waals surface area contributed by atoms with Gasteiger partial charge in [0.25, 0.3) is 0 Å². The lowest BCUT2D eigenvalue weighted by atomic mass is 9.88. The van der Waals surface area contributed by atoms with Gasteiger partial charge in [-0.2, -0.15) is 0 Å². The van der Waals surface area contributed by atoms with Crippen molar-refractivity contribution in [3.8, 4) is 0 Å². The number of anilines is 2. The van der Waals surface area contributed by atoms with E-state index in [1.54, 1.807) is 6.20 Å². The van der Waals surface area contributed by atoms with E-state index in [0.717, 1.165) is 117 Å². The highest BCUT2D eigenvalue weighted by molar-refractivity contribution is 6.31. The van der Waals surface area contributed by atoms with Gasteiger partial charge in [0, 0.05) is 126 Å². The van der Waals surface area contributed by atoms with Crippen LogP contribution in [-0.2, 0) is 4.79 Å². The lowest BCUT2D eigenvalue weighted by molar-refractivity contribution is -0.123. The van der Waals surface area contributed by atoms with Crippen LogP contribution in [-0.4, -0.2) is 88.0 Å². The van der Waals surface area contributed by atoms with Gasteiger partial charge in [-0.25, -0.2) is 9.97 Å². The number of aromatic nitrogens is 4. The molecule has 2 aliphatic heterocycles. The van der Waals surface area contributed by atoms with Gasteiger partial charge in [0.1, 0.15) is 11.6 Å². The molecule has 0 unspecified atom stereocenters. The number of carbonyl (C=O) groups is 1. The van der Waals surface area contributed by atoms with Crippen molar-refractivity contribution >= 4 is 73.7 Å². The highest BCUT2D eigenvalue weighted by Gasteiger charge is 2.28. The molecule has 3 aliphatic rings. The van der Waals surface area contributed by atoms with Gasteiger partial charge in [-0.05, 0) is 85.4 Å². The zero-order chi connectivity index (χ0) is 39.7. The first kappa shape index (κ1) is 39.9. The van der Waals surface area contributed by atoms with Crippen molar-refractivity contribution in [3.63, 3.8) is 0 Å². The number of aromatic amines is 2. The van der Waals surface area contributed by atoms with Crippen LogP contribution in [0, 0.1) is 5.92 Å². The van der Waals surface area contributed by atoms with Crippen LogP contribution in [0.5, 0.6) is 0 Å². The number of nitrogens with one attached hydrogen (secondary N) is 3. The molecule has 1 saturated carbocycles. The number of H-pyrrole nitrogens is 2. The molecule has 300 valence electrons. The number of benzene rings is 2. The van der Waals surface area contributed by atoms with Crippen molar-refractivity contribution in [2.24, 2.45) is 5.92 Å². The summed E-state index contributed by atoms with van der Waals surface area (Å²) in [6.07, 6.45) is 20.1. The van der Waals surface area contributed by atoms with Crippen LogP contribution < -0.4 is 10.2 Å². The molecule has 0 spiro atoms. The molecule has 0 saturated heterocycles. The first-order valence-corrected chi connectivity index (χ1v) is 21.5. The van der Waals surface area contributed by atoms with Crippen LogP contribution in [0.25, 0.3) is 33.0 Å². The lowest BCUT2D eigenvalue weighted by Crippen LogP contribution is -2.43. The summed E-state index contributed by atoms with van der Waals surface area (Å²) >= 11 is 12.2. The third-order valence-corrected chi connectivity index (χ3v) is 12.2. The summed E-state index contributed by atoms with van der Waals surface area (Å²) in [5.41, 5.74) is 7.54. The van der Waals surface area contributed by atoms with E-state index in [1.165, 1.54) is 39.5 Å². The van der Waals surface area contributed by atoms with Gasteiger partial charge < -0.3 is 15.3 Å². The highest BCUT2D eigenvalue weighted by atomic mass is 35.5. The van der Waals surface area contributed by atoms with Crippen LogP contribution in [0.15, 0.2) is 110 Å². The molecular weight excluding hydrogens is 763 g/mol. The number of carbonyl (C=O) groups excluding carboxylic acids is 1. The summed E-state index contributed by atoms with van der Waals surface area (Å²) in [5, 5.41) is 7.36. The Labute approximate surface area is 351 Å². The molecule has 9 nitrogen and oxygen atoms in total. The molecule has 6 aromatic rings. The SMILES string of the molecule is Clc1ccc2c(C3=CCN(CCNc4ccccn4)CC3)c[nH]c2c1.O=C(C1CCCCC1)N(CCN1CC=C(c2c[nH]c3cc(Cl)ccc23)CC1)c1ccccn1. The Hall–Kier alpha value is -4.93. The predicted octanol–water partition coefficient (Wildman–Crippen LogP) is 10.3. The second kappa shape index (κ2) is 19.2. The molecule has 0 atom stereocenters. The Kier molecular flexibility index (Phi) is 13.2. The summed E-state index contributed by atoms with van der Waals surface area (Å²) in [7, 11) is 0. The standard InChI is InChI=1S/C27H31ClN4O.C20H21ClN4/c28-22-9-10-23-24(19-30-25(23)18-22)20-11-14-31(15-12-20)16-17-32(26-8-4-5-13-29-26)27(33)21-6-2-1-3-7-21;21-16-4-5-17-18(14-24-19(17)13-16)15-6-10-25(11-7-15)12-9-23-20-3-1-2-8-22-20/h4-5,8-11,13,18-19,21,30H,1-3,6-7,12,14-17H2;1-6,8,13-14,24H,7,9-12H2,(H,22,23). The Morgan fingerprint density at radius 2 is 1.34 bits per heavy atom. The molecule has 3 N–H and O–H groups in total. The van der Waals surface area contributed by atoms with Crippen molar-refractivity contribution in [2.75, 3.05) is 62.6 Å². The molecule has 0 radical (unpaired) electrons. The maximum Gasteiger partial charge on any atom is 0.231 e. The number of amides is 1. The lowest BCUT2D eigenvalue weighted by Gasteiger charge is -2.32. The third-order valence-electron chi connectivity index (χ3n) is 11.8. The second-order valence-electron chi connectivity index (χ2n) is 15.5. The summed E-state index contributed by atoms with van der Waals surface area (Å²) in [5.74, 6) is 2.11. The molecule has 1 amide bonds. The summed E-state index contributed by atoms with van der Waals surface area (Å²) < 4.78 is 0. The molecule has 1 fully saturated rings. The van der Waals surface area contributed by atoms with E-state index < -0.39 is 0 Å². The minimum absolute atomic E-state index is 0.143. The number of hydrogen-bond donors (Lipinski definition) is 3. The number of rotatable bonds is 11. The van der Waals surface area contributed by atoms with Gasteiger partial charge >= 0.3 is 0 Å². The average molecular weight is 816 g/mol. The van der Waals surface area contributed by atoms with Gasteiger partial charge in [-0.15, -0.1) is 0 Å². The van der Waals surface area contributed by atoms with E-state index in [4.69, 9.17) is 23.2 Å². The zero-order valence-electron chi connectivity index (χ0n) is 33.0. The molecular formula is C47H52Cl2N8O. The van der Waals surface area contributed by atoms with Crippen molar-refractivity contribution in [1.29, 1.82) is 0 Å². The van der Waals surface area contributed by atoms with Crippen LogP contribution in [0.1, 0.15) is 56.1 Å². The largest absolute Gasteiger partial charge is 0.369 e. The normalized spacial score (nSPS) is 16.7. The highest BCUT2D eigenvalue weighted by Crippen LogP contribution is 2.33. The summed E-state index contributed by atoms with van der Waals surface area (Å²) in [4.78, 5) is 35.7. The molecule has 1 aliphatic carbocycles. The number of pyridine rings is 2. The fourth-order valence-corrected chi connectivity index (χ4v) is 8.86. The topological polar surface area (TPSA) is 96.2 Å². The van der Waals surface area contributed by atoms with Crippen LogP contribution >= 0.6 is 23.2 Å². The molecule has 58 heavy (non-hydrogen) atoms. The van der Waals surface area contributed by atoms with Gasteiger partial charge in [0.15, 0.2) is 0 Å². The summed E-state index contributed by atoms with van der Waals surface area (Å²) in [6, 6.07) is 23.8.